The summed E-state index contributed by atoms with van der Waals surface area (Å²) >= 11 is 0. The van der Waals surface area contributed by atoms with Crippen molar-refractivity contribution in [3.63, 3.8) is 0 Å². The maximum absolute atomic E-state index is 13.1. The normalized spacial score (nSPS) is 17.3. The molecule has 0 aromatic heterocycles. The molecule has 0 aromatic rings. The molecule has 1 rings (SSSR count). The molecule has 98 heavy (non-hydrogen) atoms. The van der Waals surface area contributed by atoms with Gasteiger partial charge in [-0.05, 0) is 70.6 Å². The quantitative estimate of drug-likeness (QED) is 0.0195. The second-order valence-electron chi connectivity index (χ2n) is 30.2. The number of hydrogen-bond donors (Lipinski definition) is 6. The van der Waals surface area contributed by atoms with Crippen LogP contribution in [-0.2, 0) is 23.8 Å². The third-order valence-electron chi connectivity index (χ3n) is 20.7. The Morgan fingerprint density at radius 1 is 0.367 bits per heavy atom. The largest absolute Gasteiger partial charge is 0.466 e. The Morgan fingerprint density at radius 2 is 0.663 bits per heavy atom. The number of carbonyl (C=O) groups is 2. The van der Waals surface area contributed by atoms with Crippen molar-refractivity contribution in [1.29, 1.82) is 0 Å². The smallest absolute Gasteiger partial charge is 0.305 e. The highest BCUT2D eigenvalue weighted by Crippen LogP contribution is 2.24. The van der Waals surface area contributed by atoms with Gasteiger partial charge in [-0.3, -0.25) is 9.59 Å². The van der Waals surface area contributed by atoms with Crippen LogP contribution in [0, 0.1) is 0 Å². The van der Waals surface area contributed by atoms with Crippen LogP contribution in [0.5, 0.6) is 0 Å². The van der Waals surface area contributed by atoms with E-state index in [2.05, 4.69) is 43.5 Å². The van der Waals surface area contributed by atoms with E-state index in [1.165, 1.54) is 366 Å². The summed E-state index contributed by atoms with van der Waals surface area (Å²) in [6.45, 7) is 4.39. The molecular formula is C87H165NO10. The molecule has 0 aliphatic carbocycles. The second kappa shape index (κ2) is 76.0. The van der Waals surface area contributed by atoms with Gasteiger partial charge in [0.2, 0.25) is 5.91 Å². The van der Waals surface area contributed by atoms with Gasteiger partial charge >= 0.3 is 5.97 Å². The molecule has 1 fully saturated rings. The number of rotatable bonds is 78. The lowest BCUT2D eigenvalue weighted by atomic mass is 9.99. The fraction of sp³-hybridized carbons (Fsp3) is 0.908. The molecule has 578 valence electrons. The zero-order chi connectivity index (χ0) is 70.8. The second-order valence-corrected chi connectivity index (χ2v) is 30.2. The molecule has 7 atom stereocenters. The van der Waals surface area contributed by atoms with Crippen LogP contribution in [0.25, 0.3) is 0 Å². The van der Waals surface area contributed by atoms with Crippen molar-refractivity contribution in [1.82, 2.24) is 5.32 Å². The van der Waals surface area contributed by atoms with Crippen molar-refractivity contribution < 1.29 is 49.3 Å². The topological polar surface area (TPSA) is 175 Å². The highest BCUT2D eigenvalue weighted by atomic mass is 16.7. The Labute approximate surface area is 606 Å². The number of nitrogens with one attached hydrogen (secondary N) is 1. The number of amides is 1. The molecule has 11 heteroatoms. The van der Waals surface area contributed by atoms with Crippen molar-refractivity contribution in [3.05, 3.63) is 36.5 Å². The molecule has 7 unspecified atom stereocenters. The van der Waals surface area contributed by atoms with Gasteiger partial charge in [0.1, 0.15) is 24.4 Å². The average molecular weight is 1390 g/mol. The first-order valence-corrected chi connectivity index (χ1v) is 43.3. The van der Waals surface area contributed by atoms with E-state index in [1.54, 1.807) is 6.08 Å². The molecule has 0 spiro atoms. The third kappa shape index (κ3) is 63.6. The van der Waals surface area contributed by atoms with Gasteiger partial charge in [-0.25, -0.2) is 0 Å². The van der Waals surface area contributed by atoms with Crippen LogP contribution in [0.1, 0.15) is 444 Å². The highest BCUT2D eigenvalue weighted by Gasteiger charge is 2.44. The van der Waals surface area contributed by atoms with E-state index in [4.69, 9.17) is 14.2 Å². The molecule has 0 bridgehead atoms. The first kappa shape index (κ1) is 93.9. The van der Waals surface area contributed by atoms with Gasteiger partial charge in [0.25, 0.3) is 0 Å². The first-order valence-electron chi connectivity index (χ1n) is 43.3. The minimum absolute atomic E-state index is 0.0215. The van der Waals surface area contributed by atoms with Gasteiger partial charge in [0.05, 0.1) is 32.0 Å². The van der Waals surface area contributed by atoms with Gasteiger partial charge in [-0.2, -0.15) is 0 Å². The molecule has 6 N–H and O–H groups in total. The van der Waals surface area contributed by atoms with E-state index in [0.29, 0.717) is 19.4 Å². The van der Waals surface area contributed by atoms with Crippen molar-refractivity contribution in [2.24, 2.45) is 0 Å². The molecule has 1 amide bonds. The number of carbonyl (C=O) groups excluding carboxylic acids is 2. The van der Waals surface area contributed by atoms with Crippen molar-refractivity contribution >= 4 is 11.9 Å². The molecular weight excluding hydrogens is 1220 g/mol. The minimum Gasteiger partial charge on any atom is -0.466 e. The Balaban J connectivity index is 1.88. The summed E-state index contributed by atoms with van der Waals surface area (Å²) in [4.78, 5) is 25.2. The zero-order valence-corrected chi connectivity index (χ0v) is 64.8. The summed E-state index contributed by atoms with van der Waals surface area (Å²) in [6, 6.07) is -0.825. The average Bonchev–Trinajstić information content (AvgIpc) is 0.823. The summed E-state index contributed by atoms with van der Waals surface area (Å²) in [5.74, 6) is -0.163. The maximum Gasteiger partial charge on any atom is 0.305 e. The number of aliphatic hydroxyl groups excluding tert-OH is 5. The van der Waals surface area contributed by atoms with Gasteiger partial charge in [0.15, 0.2) is 6.29 Å². The van der Waals surface area contributed by atoms with Crippen LogP contribution in [0.15, 0.2) is 36.5 Å². The first-order chi connectivity index (χ1) is 48.2. The highest BCUT2D eigenvalue weighted by molar-refractivity contribution is 5.76. The van der Waals surface area contributed by atoms with Crippen LogP contribution in [-0.4, -0.2) is 100 Å². The van der Waals surface area contributed by atoms with Gasteiger partial charge < -0.3 is 45.1 Å². The fourth-order valence-corrected chi connectivity index (χ4v) is 14.0. The fourth-order valence-electron chi connectivity index (χ4n) is 14.0. The molecule has 11 nitrogen and oxygen atoms in total. The Bertz CT molecular complexity index is 1720. The summed E-state index contributed by atoms with van der Waals surface area (Å²) < 4.78 is 16.8. The monoisotopic (exact) mass is 1380 g/mol. The van der Waals surface area contributed by atoms with Crippen LogP contribution in [0.2, 0.25) is 0 Å². The lowest BCUT2D eigenvalue weighted by Gasteiger charge is -2.40. The third-order valence-corrected chi connectivity index (χ3v) is 20.7. The summed E-state index contributed by atoms with van der Waals surface area (Å²) in [6.07, 6.45) is 90.6. The summed E-state index contributed by atoms with van der Waals surface area (Å²) in [5.41, 5.74) is 0. The van der Waals surface area contributed by atoms with E-state index in [9.17, 15) is 35.1 Å². The van der Waals surface area contributed by atoms with Gasteiger partial charge in [-0.1, -0.05) is 397 Å². The summed E-state index contributed by atoms with van der Waals surface area (Å²) in [5, 5.41) is 54.6. The summed E-state index contributed by atoms with van der Waals surface area (Å²) in [7, 11) is 0. The lowest BCUT2D eigenvalue weighted by Crippen LogP contribution is -2.60. The molecule has 0 radical (unpaired) electrons. The molecule has 0 aromatic carbocycles. The van der Waals surface area contributed by atoms with Crippen LogP contribution in [0.4, 0.5) is 0 Å². The Kier molecular flexibility index (Phi) is 72.8. The van der Waals surface area contributed by atoms with Crippen LogP contribution >= 0.6 is 0 Å². The zero-order valence-electron chi connectivity index (χ0n) is 64.8. The van der Waals surface area contributed by atoms with Crippen molar-refractivity contribution in [2.75, 3.05) is 19.8 Å². The van der Waals surface area contributed by atoms with Crippen molar-refractivity contribution in [2.45, 2.75) is 487 Å². The number of ether oxygens (including phenoxy) is 3. The minimum atomic E-state index is -1.57. The number of esters is 1. The van der Waals surface area contributed by atoms with E-state index >= 15 is 0 Å². The standard InChI is InChI=1S/C87H165NO10/c1-3-5-7-9-11-13-15-17-19-43-47-51-55-59-63-67-71-75-83(92)96-76-72-68-64-60-56-52-48-45-42-40-38-36-34-32-30-28-26-24-22-20-21-23-25-27-29-31-33-35-37-39-41-44-46-50-54-58-62-66-70-74-82(91)88-79(78-97-87-86(95)85(94)84(93)81(77-89)98-87)80(90)73-69-65-61-57-53-49-18-16-14-12-10-8-6-4-2/h20-21,53,57,69,73,79-81,84-87,89-90,93-95H,3-19,22-52,54-56,58-68,70-72,74-78H2,1-2H3,(H,88,91)/b21-20-,57-53+,73-69+. The van der Waals surface area contributed by atoms with Gasteiger partial charge in [0, 0.05) is 12.8 Å². The molecule has 0 saturated carbocycles. The van der Waals surface area contributed by atoms with E-state index in [-0.39, 0.29) is 18.5 Å². The number of allylic oxidation sites excluding steroid dienone is 5. The SMILES string of the molecule is CCCCCCCCCC/C=C/CC/C=C/C(O)C(COC1OC(CO)C(O)C(O)C1O)NC(=O)CCCCCCCCCCCCCCCCCCC/C=C\CCCCCCCCCCCCCCCCCCCCOC(=O)CCCCCCCCCCCCCCCCCCC. The lowest BCUT2D eigenvalue weighted by molar-refractivity contribution is -0.302. The molecule has 1 aliphatic rings. The van der Waals surface area contributed by atoms with E-state index < -0.39 is 49.5 Å². The molecule has 1 aliphatic heterocycles. The molecule has 1 saturated heterocycles. The predicted molar refractivity (Wildman–Crippen MR) is 417 cm³/mol. The van der Waals surface area contributed by atoms with Crippen LogP contribution in [0.3, 0.4) is 0 Å². The van der Waals surface area contributed by atoms with E-state index in [0.717, 1.165) is 51.4 Å². The predicted octanol–water partition coefficient (Wildman–Crippen LogP) is 24.0. The number of aliphatic hydroxyl groups is 5. The Morgan fingerprint density at radius 3 is 1.01 bits per heavy atom. The van der Waals surface area contributed by atoms with Gasteiger partial charge in [-0.15, -0.1) is 0 Å². The number of unbranched alkanes of at least 4 members (excludes halogenated alkanes) is 60. The Hall–Kier alpha value is -2.12. The van der Waals surface area contributed by atoms with E-state index in [1.807, 2.05) is 6.08 Å². The number of hydrogen-bond acceptors (Lipinski definition) is 10. The maximum atomic E-state index is 13.1. The van der Waals surface area contributed by atoms with Crippen molar-refractivity contribution in [3.8, 4) is 0 Å². The van der Waals surface area contributed by atoms with Crippen LogP contribution < -0.4 is 5.32 Å². The molecule has 1 heterocycles.